The lowest BCUT2D eigenvalue weighted by Gasteiger charge is -2.44. The van der Waals surface area contributed by atoms with Crippen LogP contribution in [0.2, 0.25) is 0 Å². The van der Waals surface area contributed by atoms with E-state index >= 15 is 0 Å². The Morgan fingerprint density at radius 1 is 1.05 bits per heavy atom. The minimum atomic E-state index is -0.734. The summed E-state index contributed by atoms with van der Waals surface area (Å²) < 4.78 is 0. The molecule has 21 heavy (non-hydrogen) atoms. The zero-order valence-corrected chi connectivity index (χ0v) is 12.5. The number of hydrogen-bond donors (Lipinski definition) is 2. The van der Waals surface area contributed by atoms with Crippen molar-refractivity contribution in [1.29, 1.82) is 0 Å². The van der Waals surface area contributed by atoms with E-state index in [2.05, 4.69) is 10.2 Å². The van der Waals surface area contributed by atoms with Gasteiger partial charge in [-0.2, -0.15) is 0 Å². The van der Waals surface area contributed by atoms with Crippen LogP contribution in [-0.2, 0) is 4.79 Å². The lowest BCUT2D eigenvalue weighted by atomic mass is 10.00. The Labute approximate surface area is 125 Å². The first-order valence-electron chi connectivity index (χ1n) is 8.16. The third kappa shape index (κ3) is 3.31. The summed E-state index contributed by atoms with van der Waals surface area (Å²) in [6.45, 7) is 3.75. The van der Waals surface area contributed by atoms with Crippen molar-refractivity contribution in [3.05, 3.63) is 0 Å². The SMILES string of the molecule is O=C(O)C1CCC(NC(=O)N2CCN3CCCCC3C2)C1. The Morgan fingerprint density at radius 3 is 2.67 bits per heavy atom. The number of fused-ring (bicyclic) bond motifs is 1. The molecule has 118 valence electrons. The molecule has 2 saturated heterocycles. The minimum Gasteiger partial charge on any atom is -0.481 e. The highest BCUT2D eigenvalue weighted by Crippen LogP contribution is 2.26. The average molecular weight is 295 g/mol. The van der Waals surface area contributed by atoms with Crippen molar-refractivity contribution in [3.63, 3.8) is 0 Å². The molecule has 6 heteroatoms. The van der Waals surface area contributed by atoms with E-state index in [0.717, 1.165) is 26.1 Å². The molecular weight excluding hydrogens is 270 g/mol. The van der Waals surface area contributed by atoms with Crippen LogP contribution in [0, 0.1) is 5.92 Å². The molecule has 2 N–H and O–H groups in total. The summed E-state index contributed by atoms with van der Waals surface area (Å²) in [4.78, 5) is 27.7. The second-order valence-corrected chi connectivity index (χ2v) is 6.63. The minimum absolute atomic E-state index is 0.00346. The van der Waals surface area contributed by atoms with Crippen LogP contribution in [-0.4, -0.2) is 65.2 Å². The van der Waals surface area contributed by atoms with Crippen molar-refractivity contribution in [3.8, 4) is 0 Å². The molecule has 0 bridgehead atoms. The molecule has 0 aromatic heterocycles. The average Bonchev–Trinajstić information content (AvgIpc) is 2.95. The highest BCUT2D eigenvalue weighted by molar-refractivity contribution is 5.75. The number of aliphatic carboxylic acids is 1. The van der Waals surface area contributed by atoms with Gasteiger partial charge in [-0.3, -0.25) is 9.69 Å². The number of amides is 2. The summed E-state index contributed by atoms with van der Waals surface area (Å²) >= 11 is 0. The first-order chi connectivity index (χ1) is 10.1. The number of carboxylic acid groups (broad SMARTS) is 1. The zero-order chi connectivity index (χ0) is 14.8. The fourth-order valence-electron chi connectivity index (χ4n) is 3.94. The summed E-state index contributed by atoms with van der Waals surface area (Å²) in [5.41, 5.74) is 0. The Morgan fingerprint density at radius 2 is 1.90 bits per heavy atom. The van der Waals surface area contributed by atoms with Gasteiger partial charge in [0.2, 0.25) is 0 Å². The molecule has 6 nitrogen and oxygen atoms in total. The molecule has 0 aromatic carbocycles. The Bertz CT molecular complexity index is 415. The lowest BCUT2D eigenvalue weighted by Crippen LogP contribution is -2.58. The molecule has 3 atom stereocenters. The maximum Gasteiger partial charge on any atom is 0.317 e. The molecule has 3 fully saturated rings. The summed E-state index contributed by atoms with van der Waals surface area (Å²) in [5, 5.41) is 12.0. The Balaban J connectivity index is 1.48. The third-order valence-electron chi connectivity index (χ3n) is 5.23. The largest absolute Gasteiger partial charge is 0.481 e. The molecule has 0 radical (unpaired) electrons. The molecule has 3 rings (SSSR count). The monoisotopic (exact) mass is 295 g/mol. The highest BCUT2D eigenvalue weighted by atomic mass is 16.4. The van der Waals surface area contributed by atoms with E-state index in [4.69, 9.17) is 5.11 Å². The molecule has 0 spiro atoms. The number of carboxylic acids is 1. The van der Waals surface area contributed by atoms with Gasteiger partial charge in [-0.1, -0.05) is 6.42 Å². The van der Waals surface area contributed by atoms with Gasteiger partial charge in [0.1, 0.15) is 0 Å². The number of nitrogens with one attached hydrogen (secondary N) is 1. The van der Waals surface area contributed by atoms with Crippen LogP contribution in [0.15, 0.2) is 0 Å². The number of nitrogens with zero attached hydrogens (tertiary/aromatic N) is 2. The fourth-order valence-corrected chi connectivity index (χ4v) is 3.94. The van der Waals surface area contributed by atoms with Gasteiger partial charge in [0.15, 0.2) is 0 Å². The molecule has 3 aliphatic rings. The van der Waals surface area contributed by atoms with E-state index in [0.29, 0.717) is 18.9 Å². The van der Waals surface area contributed by atoms with E-state index in [1.807, 2.05) is 4.90 Å². The summed E-state index contributed by atoms with van der Waals surface area (Å²) in [6, 6.07) is 0.549. The van der Waals surface area contributed by atoms with Crippen molar-refractivity contribution in [2.75, 3.05) is 26.2 Å². The van der Waals surface area contributed by atoms with Gasteiger partial charge in [0, 0.05) is 31.7 Å². The molecule has 0 aromatic rings. The summed E-state index contributed by atoms with van der Waals surface area (Å²) in [5.74, 6) is -1.02. The third-order valence-corrected chi connectivity index (χ3v) is 5.23. The van der Waals surface area contributed by atoms with Crippen molar-refractivity contribution in [2.45, 2.75) is 50.6 Å². The quantitative estimate of drug-likeness (QED) is 0.801. The first kappa shape index (κ1) is 14.6. The topological polar surface area (TPSA) is 72.9 Å². The van der Waals surface area contributed by atoms with E-state index in [9.17, 15) is 9.59 Å². The summed E-state index contributed by atoms with van der Waals surface area (Å²) in [7, 11) is 0. The van der Waals surface area contributed by atoms with E-state index in [1.54, 1.807) is 0 Å². The number of carbonyl (C=O) groups excluding carboxylic acids is 1. The maximum atomic E-state index is 12.4. The van der Waals surface area contributed by atoms with Gasteiger partial charge in [-0.25, -0.2) is 4.79 Å². The standard InChI is InChI=1S/C15H25N3O3/c19-14(20)11-4-5-12(9-11)16-15(21)18-8-7-17-6-2-1-3-13(17)10-18/h11-13H,1-10H2,(H,16,21)(H,19,20). The Kier molecular flexibility index (Phi) is 4.33. The van der Waals surface area contributed by atoms with Crippen molar-refractivity contribution < 1.29 is 14.7 Å². The fraction of sp³-hybridized carbons (Fsp3) is 0.867. The van der Waals surface area contributed by atoms with Crippen molar-refractivity contribution in [2.24, 2.45) is 5.92 Å². The van der Waals surface area contributed by atoms with Gasteiger partial charge in [-0.15, -0.1) is 0 Å². The van der Waals surface area contributed by atoms with Gasteiger partial charge < -0.3 is 15.3 Å². The molecule has 1 saturated carbocycles. The zero-order valence-electron chi connectivity index (χ0n) is 12.5. The number of piperidine rings is 1. The number of piperazine rings is 1. The molecule has 2 aliphatic heterocycles. The normalized spacial score (nSPS) is 33.5. The number of carbonyl (C=O) groups is 2. The van der Waals surface area contributed by atoms with Crippen LogP contribution in [0.25, 0.3) is 0 Å². The first-order valence-corrected chi connectivity index (χ1v) is 8.16. The van der Waals surface area contributed by atoms with Crippen molar-refractivity contribution in [1.82, 2.24) is 15.1 Å². The molecule has 2 heterocycles. The number of rotatable bonds is 2. The van der Waals surface area contributed by atoms with Crippen LogP contribution in [0.3, 0.4) is 0 Å². The van der Waals surface area contributed by atoms with Crippen LogP contribution in [0.4, 0.5) is 4.79 Å². The van der Waals surface area contributed by atoms with Crippen LogP contribution < -0.4 is 5.32 Å². The van der Waals surface area contributed by atoms with E-state index in [-0.39, 0.29) is 18.0 Å². The van der Waals surface area contributed by atoms with Crippen LogP contribution in [0.1, 0.15) is 38.5 Å². The molecule has 2 amide bonds. The molecule has 3 unspecified atom stereocenters. The highest BCUT2D eigenvalue weighted by Gasteiger charge is 2.34. The second kappa shape index (κ2) is 6.22. The molecular formula is C15H25N3O3. The van der Waals surface area contributed by atoms with E-state index < -0.39 is 5.97 Å². The van der Waals surface area contributed by atoms with Gasteiger partial charge in [-0.05, 0) is 38.6 Å². The van der Waals surface area contributed by atoms with Gasteiger partial charge in [0.25, 0.3) is 0 Å². The smallest absolute Gasteiger partial charge is 0.317 e. The number of hydrogen-bond acceptors (Lipinski definition) is 3. The van der Waals surface area contributed by atoms with Gasteiger partial charge >= 0.3 is 12.0 Å². The van der Waals surface area contributed by atoms with Crippen LogP contribution >= 0.6 is 0 Å². The Hall–Kier alpha value is -1.30. The maximum absolute atomic E-state index is 12.4. The summed E-state index contributed by atoms with van der Waals surface area (Å²) in [6.07, 6.45) is 5.77. The second-order valence-electron chi connectivity index (χ2n) is 6.63. The molecule has 1 aliphatic carbocycles. The predicted molar refractivity (Wildman–Crippen MR) is 78.1 cm³/mol. The van der Waals surface area contributed by atoms with E-state index in [1.165, 1.54) is 25.8 Å². The number of urea groups is 1. The lowest BCUT2D eigenvalue weighted by molar-refractivity contribution is -0.141. The van der Waals surface area contributed by atoms with Gasteiger partial charge in [0.05, 0.1) is 5.92 Å². The predicted octanol–water partition coefficient (Wildman–Crippen LogP) is 1.12. The van der Waals surface area contributed by atoms with Crippen LogP contribution in [0.5, 0.6) is 0 Å². The van der Waals surface area contributed by atoms with Crippen molar-refractivity contribution >= 4 is 12.0 Å².